The van der Waals surface area contributed by atoms with Gasteiger partial charge in [-0.2, -0.15) is 0 Å². The van der Waals surface area contributed by atoms with Crippen LogP contribution < -0.4 is 5.32 Å². The number of nitrogens with zero attached hydrogens (tertiary/aromatic N) is 2. The van der Waals surface area contributed by atoms with E-state index in [1.54, 1.807) is 0 Å². The van der Waals surface area contributed by atoms with E-state index in [1.165, 1.54) is 10.8 Å². The van der Waals surface area contributed by atoms with Crippen molar-refractivity contribution >= 4 is 44.4 Å². The van der Waals surface area contributed by atoms with Crippen molar-refractivity contribution in [1.82, 2.24) is 5.32 Å². The summed E-state index contributed by atoms with van der Waals surface area (Å²) in [7, 11) is 0. The van der Waals surface area contributed by atoms with Gasteiger partial charge in [0, 0.05) is 27.5 Å². The predicted molar refractivity (Wildman–Crippen MR) is 168 cm³/mol. The number of benzene rings is 6. The molecule has 7 aromatic rings. The molecular weight excluding hydrogens is 502 g/mol. The molecule has 1 atom stereocenters. The summed E-state index contributed by atoms with van der Waals surface area (Å²) in [6.07, 6.45) is -0.273. The Morgan fingerprint density at radius 3 is 2.10 bits per heavy atom. The normalized spacial score (nSPS) is 15.1. The van der Waals surface area contributed by atoms with Gasteiger partial charge in [-0.25, -0.2) is 9.98 Å². The number of amidine groups is 2. The first-order valence-corrected chi connectivity index (χ1v) is 13.8. The van der Waals surface area contributed by atoms with Crippen LogP contribution in [0, 0.1) is 0 Å². The van der Waals surface area contributed by atoms with Gasteiger partial charge >= 0.3 is 0 Å². The second-order valence-electron chi connectivity index (χ2n) is 10.2. The molecule has 4 heteroatoms. The van der Waals surface area contributed by atoms with Crippen LogP contribution in [0.2, 0.25) is 0 Å². The van der Waals surface area contributed by atoms with Gasteiger partial charge in [-0.3, -0.25) is 0 Å². The molecule has 1 aromatic heterocycles. The monoisotopic (exact) mass is 527 g/mol. The summed E-state index contributed by atoms with van der Waals surface area (Å²) in [6.45, 7) is 0. The first-order valence-electron chi connectivity index (χ1n) is 13.8. The Labute approximate surface area is 237 Å². The number of hydrogen-bond acceptors (Lipinski definition) is 4. The van der Waals surface area contributed by atoms with Gasteiger partial charge in [0.15, 0.2) is 5.84 Å². The van der Waals surface area contributed by atoms with Crippen LogP contribution in [0.3, 0.4) is 0 Å². The van der Waals surface area contributed by atoms with Crippen LogP contribution in [0.4, 0.5) is 0 Å². The van der Waals surface area contributed by atoms with Gasteiger partial charge in [0.1, 0.15) is 23.2 Å². The molecule has 0 saturated carbocycles. The highest BCUT2D eigenvalue weighted by Crippen LogP contribution is 2.41. The fourth-order valence-electron chi connectivity index (χ4n) is 5.80. The van der Waals surface area contributed by atoms with Gasteiger partial charge in [-0.1, -0.05) is 121 Å². The van der Waals surface area contributed by atoms with Crippen molar-refractivity contribution in [2.45, 2.75) is 6.17 Å². The fourth-order valence-corrected chi connectivity index (χ4v) is 5.80. The maximum atomic E-state index is 6.62. The second kappa shape index (κ2) is 9.61. The number of aliphatic imine (C=N–C) groups is 2. The molecule has 0 radical (unpaired) electrons. The highest BCUT2D eigenvalue weighted by molar-refractivity contribution is 6.24. The van der Waals surface area contributed by atoms with Crippen molar-refractivity contribution in [2.75, 3.05) is 0 Å². The zero-order valence-corrected chi connectivity index (χ0v) is 22.2. The van der Waals surface area contributed by atoms with E-state index in [0.717, 1.165) is 55.6 Å². The summed E-state index contributed by atoms with van der Waals surface area (Å²) in [6, 6.07) is 48.0. The van der Waals surface area contributed by atoms with Gasteiger partial charge in [0.05, 0.1) is 0 Å². The molecular formula is C37H25N3O. The molecule has 1 aliphatic rings. The lowest BCUT2D eigenvalue weighted by atomic mass is 9.94. The fraction of sp³-hybridized carbons (Fsp3) is 0.0270. The summed E-state index contributed by atoms with van der Waals surface area (Å²) in [5.74, 6) is 1.47. The van der Waals surface area contributed by atoms with Crippen LogP contribution in [0.1, 0.15) is 22.9 Å². The van der Waals surface area contributed by atoms with Crippen molar-refractivity contribution in [2.24, 2.45) is 9.98 Å². The lowest BCUT2D eigenvalue weighted by molar-refractivity contribution is 0.669. The van der Waals surface area contributed by atoms with E-state index >= 15 is 0 Å². The predicted octanol–water partition coefficient (Wildman–Crippen LogP) is 8.90. The Morgan fingerprint density at radius 1 is 0.561 bits per heavy atom. The highest BCUT2D eigenvalue weighted by Gasteiger charge is 2.25. The SMILES string of the molecule is c1ccc(C2=NC(c3ccc(-c4cccc5ccccc45)c4oc5ccccc5c34)=NC(c3ccccc3)N2)cc1. The van der Waals surface area contributed by atoms with Crippen LogP contribution in [0.25, 0.3) is 43.8 Å². The van der Waals surface area contributed by atoms with Gasteiger partial charge < -0.3 is 9.73 Å². The Hall–Kier alpha value is -5.48. The first-order chi connectivity index (χ1) is 20.3. The topological polar surface area (TPSA) is 49.9 Å². The Kier molecular flexibility index (Phi) is 5.49. The van der Waals surface area contributed by atoms with E-state index in [4.69, 9.17) is 14.4 Å². The van der Waals surface area contributed by atoms with Crippen molar-refractivity contribution in [3.05, 3.63) is 156 Å². The average Bonchev–Trinajstić information content (AvgIpc) is 3.45. The number of para-hydroxylation sites is 1. The second-order valence-corrected chi connectivity index (χ2v) is 10.2. The third kappa shape index (κ3) is 4.00. The van der Waals surface area contributed by atoms with Gasteiger partial charge in [0.2, 0.25) is 0 Å². The summed E-state index contributed by atoms with van der Waals surface area (Å²) in [4.78, 5) is 10.3. The third-order valence-electron chi connectivity index (χ3n) is 7.75. The minimum atomic E-state index is -0.273. The summed E-state index contributed by atoms with van der Waals surface area (Å²) >= 11 is 0. The summed E-state index contributed by atoms with van der Waals surface area (Å²) in [5, 5.41) is 8.02. The number of fused-ring (bicyclic) bond motifs is 4. The van der Waals surface area contributed by atoms with Crippen molar-refractivity contribution in [1.29, 1.82) is 0 Å². The third-order valence-corrected chi connectivity index (χ3v) is 7.75. The van der Waals surface area contributed by atoms with E-state index in [1.807, 2.05) is 48.5 Å². The standard InChI is InChI=1S/C37H25N3O/c1-3-13-25(14-4-1)35-38-36(26-15-5-2-6-16-26)40-37(39-35)31-23-22-29(28-20-11-17-24-12-7-8-18-27(24)28)34-33(31)30-19-9-10-21-32(30)41-34/h1-23,35H,(H,38,39,40). The quantitative estimate of drug-likeness (QED) is 0.248. The largest absolute Gasteiger partial charge is 0.455 e. The molecule has 1 unspecified atom stereocenters. The zero-order valence-electron chi connectivity index (χ0n) is 22.2. The molecule has 6 aromatic carbocycles. The lowest BCUT2D eigenvalue weighted by Gasteiger charge is -2.24. The van der Waals surface area contributed by atoms with E-state index in [2.05, 4.69) is 96.3 Å². The molecule has 0 amide bonds. The molecule has 8 rings (SSSR count). The highest BCUT2D eigenvalue weighted by atomic mass is 16.3. The molecule has 0 saturated heterocycles. The lowest BCUT2D eigenvalue weighted by Crippen LogP contribution is -2.33. The minimum Gasteiger partial charge on any atom is -0.455 e. The molecule has 0 fully saturated rings. The number of nitrogens with one attached hydrogen (secondary N) is 1. The minimum absolute atomic E-state index is 0.273. The molecule has 4 nitrogen and oxygen atoms in total. The van der Waals surface area contributed by atoms with E-state index < -0.39 is 0 Å². The van der Waals surface area contributed by atoms with Gasteiger partial charge in [-0.05, 0) is 40.1 Å². The Balaban J connectivity index is 1.40. The molecule has 194 valence electrons. The molecule has 1 aliphatic heterocycles. The maximum Gasteiger partial charge on any atom is 0.160 e. The Bertz CT molecular complexity index is 2120. The van der Waals surface area contributed by atoms with Crippen molar-refractivity contribution in [3.63, 3.8) is 0 Å². The van der Waals surface area contributed by atoms with E-state index in [-0.39, 0.29) is 6.17 Å². The van der Waals surface area contributed by atoms with Crippen LogP contribution >= 0.6 is 0 Å². The van der Waals surface area contributed by atoms with Crippen LogP contribution in [0.5, 0.6) is 0 Å². The Morgan fingerprint density at radius 2 is 1.24 bits per heavy atom. The molecule has 2 heterocycles. The summed E-state index contributed by atoms with van der Waals surface area (Å²) < 4.78 is 6.62. The number of rotatable bonds is 4. The van der Waals surface area contributed by atoms with E-state index in [0.29, 0.717) is 5.84 Å². The average molecular weight is 528 g/mol. The molecule has 0 bridgehead atoms. The number of furan rings is 1. The first kappa shape index (κ1) is 23.4. The molecule has 41 heavy (non-hydrogen) atoms. The van der Waals surface area contributed by atoms with Crippen LogP contribution in [-0.4, -0.2) is 11.7 Å². The van der Waals surface area contributed by atoms with E-state index in [9.17, 15) is 0 Å². The van der Waals surface area contributed by atoms with Gasteiger partial charge in [-0.15, -0.1) is 0 Å². The molecule has 0 spiro atoms. The van der Waals surface area contributed by atoms with Gasteiger partial charge in [0.25, 0.3) is 0 Å². The maximum absolute atomic E-state index is 6.62. The molecule has 1 N–H and O–H groups in total. The number of hydrogen-bond donors (Lipinski definition) is 1. The van der Waals surface area contributed by atoms with Crippen LogP contribution in [-0.2, 0) is 0 Å². The smallest absolute Gasteiger partial charge is 0.160 e. The van der Waals surface area contributed by atoms with Crippen molar-refractivity contribution in [3.8, 4) is 11.1 Å². The zero-order chi connectivity index (χ0) is 27.2. The summed E-state index contributed by atoms with van der Waals surface area (Å²) in [5.41, 5.74) is 6.92. The van der Waals surface area contributed by atoms with Crippen LogP contribution in [0.15, 0.2) is 154 Å². The molecule has 0 aliphatic carbocycles. The van der Waals surface area contributed by atoms with Crippen molar-refractivity contribution < 1.29 is 4.42 Å².